The van der Waals surface area contributed by atoms with Gasteiger partial charge in [-0.1, -0.05) is 29.4 Å². The molecule has 0 aliphatic rings. The van der Waals surface area contributed by atoms with Crippen molar-refractivity contribution in [1.29, 1.82) is 0 Å². The highest BCUT2D eigenvalue weighted by Crippen LogP contribution is 2.18. The molecular weight excluding hydrogens is 339 g/mol. The second-order valence-corrected chi connectivity index (χ2v) is 5.15. The van der Waals surface area contributed by atoms with Crippen LogP contribution in [0.5, 0.6) is 5.75 Å². The lowest BCUT2D eigenvalue weighted by Crippen LogP contribution is -2.21. The van der Waals surface area contributed by atoms with Gasteiger partial charge in [0.25, 0.3) is 5.89 Å². The Bertz CT molecular complexity index is 915. The van der Waals surface area contributed by atoms with Gasteiger partial charge in [-0.2, -0.15) is 10.1 Å². The molecule has 1 heterocycles. The zero-order valence-corrected chi connectivity index (χ0v) is 13.5. The lowest BCUT2D eigenvalue weighted by Gasteiger charge is -2.01. The fourth-order valence-corrected chi connectivity index (χ4v) is 1.99. The van der Waals surface area contributed by atoms with Crippen LogP contribution in [0.1, 0.15) is 11.5 Å². The molecule has 4 N–H and O–H groups in total. The van der Waals surface area contributed by atoms with Crippen LogP contribution in [0.25, 0.3) is 11.4 Å². The van der Waals surface area contributed by atoms with Crippen molar-refractivity contribution in [2.24, 2.45) is 21.7 Å². The molecule has 2 aromatic carbocycles. The molecule has 0 bridgehead atoms. The van der Waals surface area contributed by atoms with Crippen LogP contribution in [0.2, 0.25) is 0 Å². The monoisotopic (exact) mass is 354 g/mol. The Morgan fingerprint density at radius 2 is 1.85 bits per heavy atom. The number of benzene rings is 2. The summed E-state index contributed by atoms with van der Waals surface area (Å²) >= 11 is 0. The molecule has 0 saturated heterocycles. The number of ether oxygens (including phenoxy) is 1. The summed E-state index contributed by atoms with van der Waals surface area (Å²) in [5.74, 6) is 0.804. The van der Waals surface area contributed by atoms with Gasteiger partial charge in [0, 0.05) is 5.56 Å². The van der Waals surface area contributed by atoms with Gasteiger partial charge in [-0.15, -0.1) is 5.10 Å². The van der Waals surface area contributed by atoms with Gasteiger partial charge in [0.1, 0.15) is 11.6 Å². The number of nitrogens with two attached hydrogens (primary N) is 2. The molecule has 0 atom stereocenters. The van der Waals surface area contributed by atoms with Crippen molar-refractivity contribution < 1.29 is 13.7 Å². The molecule has 3 aromatic rings. The van der Waals surface area contributed by atoms with Crippen molar-refractivity contribution in [3.8, 4) is 17.1 Å². The van der Waals surface area contributed by atoms with Crippen molar-refractivity contribution >= 4 is 12.2 Å². The van der Waals surface area contributed by atoms with E-state index in [1.807, 2.05) is 24.3 Å². The highest BCUT2D eigenvalue weighted by atomic mass is 19.1. The van der Waals surface area contributed by atoms with E-state index >= 15 is 0 Å². The summed E-state index contributed by atoms with van der Waals surface area (Å²) in [6.07, 6.45) is 1.52. The topological polar surface area (TPSA) is 125 Å². The number of aromatic nitrogens is 2. The first-order valence-electron chi connectivity index (χ1n) is 7.53. The third-order valence-electron chi connectivity index (χ3n) is 3.19. The normalized spacial score (nSPS) is 10.8. The molecule has 1 aromatic heterocycles. The Morgan fingerprint density at radius 1 is 1.12 bits per heavy atom. The zero-order chi connectivity index (χ0) is 18.4. The van der Waals surface area contributed by atoms with Crippen molar-refractivity contribution in [3.63, 3.8) is 0 Å². The number of halogens is 1. The van der Waals surface area contributed by atoms with Crippen molar-refractivity contribution in [2.75, 3.05) is 0 Å². The third-order valence-corrected chi connectivity index (χ3v) is 3.19. The summed E-state index contributed by atoms with van der Waals surface area (Å²) in [6, 6.07) is 12.9. The maximum atomic E-state index is 12.9. The average Bonchev–Trinajstić information content (AvgIpc) is 3.11. The minimum absolute atomic E-state index is 0.0852. The quantitative estimate of drug-likeness (QED) is 0.396. The Hall–Kier alpha value is -3.75. The molecule has 0 fully saturated rings. The van der Waals surface area contributed by atoms with Gasteiger partial charge in [-0.25, -0.2) is 4.39 Å². The number of hydrogen-bond donors (Lipinski definition) is 2. The predicted octanol–water partition coefficient (Wildman–Crippen LogP) is 2.06. The van der Waals surface area contributed by atoms with E-state index in [-0.39, 0.29) is 18.4 Å². The first kappa shape index (κ1) is 17.1. The summed E-state index contributed by atoms with van der Waals surface area (Å²) in [4.78, 5) is 4.26. The van der Waals surface area contributed by atoms with E-state index in [0.29, 0.717) is 17.5 Å². The summed E-state index contributed by atoms with van der Waals surface area (Å²) in [7, 11) is 0. The second-order valence-electron chi connectivity index (χ2n) is 5.15. The van der Waals surface area contributed by atoms with Crippen LogP contribution in [0.4, 0.5) is 4.39 Å². The van der Waals surface area contributed by atoms with E-state index < -0.39 is 0 Å². The smallest absolute Gasteiger partial charge is 0.264 e. The molecule has 0 amide bonds. The minimum Gasteiger partial charge on any atom is -0.484 e. The summed E-state index contributed by atoms with van der Waals surface area (Å²) < 4.78 is 23.5. The molecule has 0 aliphatic heterocycles. The second kappa shape index (κ2) is 7.88. The maximum Gasteiger partial charge on any atom is 0.264 e. The molecule has 3 rings (SSSR count). The standard InChI is InChI=1S/C17H15FN6O2/c18-13-5-7-14(8-6-13)25-10-15-22-16(24-26-15)12-3-1-11(2-4-12)9-21-23-17(19)20/h1-9H,10H2,(H4,19,20,23). The van der Waals surface area contributed by atoms with Gasteiger partial charge in [0.15, 0.2) is 6.61 Å². The molecule has 0 radical (unpaired) electrons. The van der Waals surface area contributed by atoms with Gasteiger partial charge in [0.05, 0.1) is 6.21 Å². The van der Waals surface area contributed by atoms with Crippen LogP contribution in [0, 0.1) is 5.82 Å². The molecule has 26 heavy (non-hydrogen) atoms. The van der Waals surface area contributed by atoms with Gasteiger partial charge >= 0.3 is 0 Å². The van der Waals surface area contributed by atoms with Crippen molar-refractivity contribution in [2.45, 2.75) is 6.61 Å². The van der Waals surface area contributed by atoms with E-state index in [0.717, 1.165) is 11.1 Å². The van der Waals surface area contributed by atoms with E-state index in [2.05, 4.69) is 20.3 Å². The first-order valence-corrected chi connectivity index (χ1v) is 7.53. The lowest BCUT2D eigenvalue weighted by atomic mass is 10.1. The van der Waals surface area contributed by atoms with Crippen LogP contribution in [-0.4, -0.2) is 22.3 Å². The largest absolute Gasteiger partial charge is 0.484 e. The summed E-state index contributed by atoms with van der Waals surface area (Å²) in [5, 5.41) is 11.2. The number of rotatable bonds is 6. The SMILES string of the molecule is NC(N)=NN=Cc1ccc(-c2noc(COc3ccc(F)cc3)n2)cc1. The van der Waals surface area contributed by atoms with Crippen LogP contribution >= 0.6 is 0 Å². The highest BCUT2D eigenvalue weighted by molar-refractivity contribution is 5.82. The van der Waals surface area contributed by atoms with Gasteiger partial charge in [-0.05, 0) is 29.8 Å². The third kappa shape index (κ3) is 4.63. The van der Waals surface area contributed by atoms with Crippen LogP contribution in [0.3, 0.4) is 0 Å². The number of hydrogen-bond acceptors (Lipinski definition) is 6. The van der Waals surface area contributed by atoms with Crippen molar-refractivity contribution in [3.05, 3.63) is 65.8 Å². The molecule has 0 aliphatic carbocycles. The average molecular weight is 354 g/mol. The molecule has 0 spiro atoms. The maximum absolute atomic E-state index is 12.9. The molecule has 0 saturated carbocycles. The predicted molar refractivity (Wildman–Crippen MR) is 93.9 cm³/mol. The molecule has 9 heteroatoms. The molecule has 132 valence electrons. The van der Waals surface area contributed by atoms with E-state index in [1.54, 1.807) is 0 Å². The van der Waals surface area contributed by atoms with E-state index in [9.17, 15) is 4.39 Å². The summed E-state index contributed by atoms with van der Waals surface area (Å²) in [6.45, 7) is 0.0852. The van der Waals surface area contributed by atoms with Crippen molar-refractivity contribution in [1.82, 2.24) is 10.1 Å². The van der Waals surface area contributed by atoms with Gasteiger partial charge in [-0.3, -0.25) is 0 Å². The molecular formula is C17H15FN6O2. The first-order chi connectivity index (χ1) is 12.6. The Kier molecular flexibility index (Phi) is 5.18. The minimum atomic E-state index is -0.329. The Morgan fingerprint density at radius 3 is 2.54 bits per heavy atom. The number of nitrogens with zero attached hydrogens (tertiary/aromatic N) is 4. The Balaban J connectivity index is 1.62. The zero-order valence-electron chi connectivity index (χ0n) is 13.5. The van der Waals surface area contributed by atoms with E-state index in [4.69, 9.17) is 20.7 Å². The van der Waals surface area contributed by atoms with Crippen LogP contribution < -0.4 is 16.2 Å². The van der Waals surface area contributed by atoms with Gasteiger partial charge < -0.3 is 20.7 Å². The molecule has 8 nitrogen and oxygen atoms in total. The fraction of sp³-hybridized carbons (Fsp3) is 0.0588. The Labute approximate surface area is 148 Å². The van der Waals surface area contributed by atoms with Crippen LogP contribution in [0.15, 0.2) is 63.3 Å². The van der Waals surface area contributed by atoms with E-state index in [1.165, 1.54) is 30.5 Å². The van der Waals surface area contributed by atoms with Gasteiger partial charge in [0.2, 0.25) is 11.8 Å². The summed E-state index contributed by atoms with van der Waals surface area (Å²) in [5.41, 5.74) is 11.9. The van der Waals surface area contributed by atoms with Crippen LogP contribution in [-0.2, 0) is 6.61 Å². The highest BCUT2D eigenvalue weighted by Gasteiger charge is 2.09. The molecule has 0 unspecified atom stereocenters. The lowest BCUT2D eigenvalue weighted by molar-refractivity contribution is 0.242. The fourth-order valence-electron chi connectivity index (χ4n) is 1.99. The number of guanidine groups is 1.